The lowest BCUT2D eigenvalue weighted by molar-refractivity contribution is 0.0828. The molecule has 0 saturated carbocycles. The molecule has 6 heteroatoms. The third-order valence-electron chi connectivity index (χ3n) is 5.08. The van der Waals surface area contributed by atoms with Crippen LogP contribution in [-0.2, 0) is 0 Å². The Balaban J connectivity index is 1.40. The Morgan fingerprint density at radius 2 is 1.92 bits per heavy atom. The predicted octanol–water partition coefficient (Wildman–Crippen LogP) is 1.36. The summed E-state index contributed by atoms with van der Waals surface area (Å²) < 4.78 is 0. The van der Waals surface area contributed by atoms with Crippen molar-refractivity contribution >= 4 is 11.7 Å². The van der Waals surface area contributed by atoms with E-state index >= 15 is 0 Å². The molecule has 3 rings (SSSR count). The minimum Gasteiger partial charge on any atom is -0.391 e. The molecule has 2 saturated heterocycles. The quantitative estimate of drug-likeness (QED) is 0.864. The number of likely N-dealkylation sites (tertiary alicyclic amines) is 1. The average Bonchev–Trinajstić information content (AvgIpc) is 2.63. The van der Waals surface area contributed by atoms with Gasteiger partial charge in [0.15, 0.2) is 0 Å². The van der Waals surface area contributed by atoms with Gasteiger partial charge in [0.1, 0.15) is 0 Å². The Bertz CT molecular complexity index is 546. The second-order valence-electron chi connectivity index (χ2n) is 7.22. The molecule has 0 bridgehead atoms. The minimum atomic E-state index is -0.374. The Hall–Kier alpha value is -1.79. The number of carbonyl (C=O) groups is 1. The monoisotopic (exact) mass is 346 g/mol. The molecule has 1 aromatic carbocycles. The molecule has 0 aliphatic carbocycles. The standard InChI is InChI=1S/C19H30N4O2/c1-16(20-19(25)23-9-5-8-18(24)15-23)14-21-10-12-22(13-11-21)17-6-3-2-4-7-17/h2-4,6-7,16,18,24H,5,8-15H2,1H3,(H,20,25)/t16-,18-/m1/s1. The van der Waals surface area contributed by atoms with E-state index in [0.717, 1.165) is 52.1 Å². The molecule has 138 valence electrons. The summed E-state index contributed by atoms with van der Waals surface area (Å²) in [4.78, 5) is 18.9. The first kappa shape index (κ1) is 18.0. The van der Waals surface area contributed by atoms with Gasteiger partial charge in [0.2, 0.25) is 0 Å². The van der Waals surface area contributed by atoms with Gasteiger partial charge < -0.3 is 20.2 Å². The fraction of sp³-hybridized carbons (Fsp3) is 0.632. The van der Waals surface area contributed by atoms with Crippen molar-refractivity contribution in [2.24, 2.45) is 0 Å². The van der Waals surface area contributed by atoms with E-state index in [0.29, 0.717) is 6.54 Å². The molecule has 6 nitrogen and oxygen atoms in total. The second kappa shape index (κ2) is 8.54. The molecule has 2 amide bonds. The van der Waals surface area contributed by atoms with Crippen molar-refractivity contribution in [3.8, 4) is 0 Å². The van der Waals surface area contributed by atoms with Crippen LogP contribution in [0.15, 0.2) is 30.3 Å². The first-order valence-corrected chi connectivity index (χ1v) is 9.37. The van der Waals surface area contributed by atoms with E-state index in [-0.39, 0.29) is 18.2 Å². The first-order chi connectivity index (χ1) is 12.1. The number of benzene rings is 1. The Kier molecular flexibility index (Phi) is 6.15. The van der Waals surface area contributed by atoms with Crippen LogP contribution in [0.5, 0.6) is 0 Å². The molecule has 2 aliphatic rings. The average molecular weight is 346 g/mol. The van der Waals surface area contributed by atoms with Gasteiger partial charge in [0.05, 0.1) is 6.10 Å². The lowest BCUT2D eigenvalue weighted by Crippen LogP contribution is -2.54. The van der Waals surface area contributed by atoms with Crippen molar-refractivity contribution in [2.75, 3.05) is 50.7 Å². The number of urea groups is 1. The van der Waals surface area contributed by atoms with Crippen LogP contribution in [0, 0.1) is 0 Å². The van der Waals surface area contributed by atoms with E-state index in [1.54, 1.807) is 4.90 Å². The normalized spacial score (nSPS) is 23.4. The number of anilines is 1. The Morgan fingerprint density at radius 1 is 1.20 bits per heavy atom. The van der Waals surface area contributed by atoms with Gasteiger partial charge in [-0.1, -0.05) is 18.2 Å². The number of nitrogens with one attached hydrogen (secondary N) is 1. The van der Waals surface area contributed by atoms with Crippen LogP contribution in [-0.4, -0.2) is 78.9 Å². The molecular weight excluding hydrogens is 316 g/mol. The molecule has 1 aromatic rings. The highest BCUT2D eigenvalue weighted by molar-refractivity contribution is 5.74. The Labute approximate surface area is 150 Å². The van der Waals surface area contributed by atoms with Crippen molar-refractivity contribution in [1.82, 2.24) is 15.1 Å². The van der Waals surface area contributed by atoms with Crippen LogP contribution in [0.3, 0.4) is 0 Å². The zero-order chi connectivity index (χ0) is 17.6. The fourth-order valence-corrected chi connectivity index (χ4v) is 3.70. The van der Waals surface area contributed by atoms with Gasteiger partial charge in [0, 0.05) is 57.5 Å². The van der Waals surface area contributed by atoms with Crippen LogP contribution < -0.4 is 10.2 Å². The minimum absolute atomic E-state index is 0.0471. The lowest BCUT2D eigenvalue weighted by Gasteiger charge is -2.37. The molecule has 25 heavy (non-hydrogen) atoms. The number of aliphatic hydroxyl groups is 1. The molecule has 2 heterocycles. The van der Waals surface area contributed by atoms with Gasteiger partial charge in [0.25, 0.3) is 0 Å². The maximum atomic E-state index is 12.3. The third kappa shape index (κ3) is 5.09. The number of aliphatic hydroxyl groups excluding tert-OH is 1. The summed E-state index contributed by atoms with van der Waals surface area (Å²) >= 11 is 0. The summed E-state index contributed by atoms with van der Waals surface area (Å²) in [5.74, 6) is 0. The molecule has 0 spiro atoms. The molecule has 0 aromatic heterocycles. The predicted molar refractivity (Wildman–Crippen MR) is 99.9 cm³/mol. The van der Waals surface area contributed by atoms with E-state index in [1.165, 1.54) is 5.69 Å². The number of carbonyl (C=O) groups excluding carboxylic acids is 1. The molecule has 0 unspecified atom stereocenters. The van der Waals surface area contributed by atoms with E-state index in [4.69, 9.17) is 0 Å². The van der Waals surface area contributed by atoms with Crippen molar-refractivity contribution in [1.29, 1.82) is 0 Å². The first-order valence-electron chi connectivity index (χ1n) is 9.37. The van der Waals surface area contributed by atoms with Gasteiger partial charge in [-0.3, -0.25) is 4.90 Å². The molecule has 2 N–H and O–H groups in total. The van der Waals surface area contributed by atoms with E-state index < -0.39 is 0 Å². The highest BCUT2D eigenvalue weighted by atomic mass is 16.3. The SMILES string of the molecule is C[C@H](CN1CCN(c2ccccc2)CC1)NC(=O)N1CCC[C@@H](O)C1. The number of β-amino-alcohol motifs (C(OH)–C–C–N with tert-alkyl or cyclic N) is 1. The van der Waals surface area contributed by atoms with Gasteiger partial charge in [-0.15, -0.1) is 0 Å². The Morgan fingerprint density at radius 3 is 2.60 bits per heavy atom. The van der Waals surface area contributed by atoms with Gasteiger partial charge in [-0.05, 0) is 31.9 Å². The smallest absolute Gasteiger partial charge is 0.317 e. The van der Waals surface area contributed by atoms with Crippen LogP contribution >= 0.6 is 0 Å². The lowest BCUT2D eigenvalue weighted by atomic mass is 10.1. The largest absolute Gasteiger partial charge is 0.391 e. The molecule has 0 radical (unpaired) electrons. The number of nitrogens with zero attached hydrogens (tertiary/aromatic N) is 3. The number of para-hydroxylation sites is 1. The molecule has 2 aliphatic heterocycles. The fourth-order valence-electron chi connectivity index (χ4n) is 3.70. The van der Waals surface area contributed by atoms with Crippen LogP contribution in [0.25, 0.3) is 0 Å². The number of amides is 2. The summed E-state index contributed by atoms with van der Waals surface area (Å²) in [6, 6.07) is 10.6. The maximum absolute atomic E-state index is 12.3. The van der Waals surface area contributed by atoms with Crippen molar-refractivity contribution in [3.63, 3.8) is 0 Å². The number of hydrogen-bond donors (Lipinski definition) is 2. The van der Waals surface area contributed by atoms with Crippen molar-refractivity contribution < 1.29 is 9.90 Å². The highest BCUT2D eigenvalue weighted by Crippen LogP contribution is 2.15. The van der Waals surface area contributed by atoms with E-state index in [1.807, 2.05) is 6.07 Å². The number of rotatable bonds is 4. The summed E-state index contributed by atoms with van der Waals surface area (Å²) in [6.45, 7) is 8.17. The van der Waals surface area contributed by atoms with Crippen LogP contribution in [0.1, 0.15) is 19.8 Å². The third-order valence-corrected chi connectivity index (χ3v) is 5.08. The van der Waals surface area contributed by atoms with Gasteiger partial charge in [-0.2, -0.15) is 0 Å². The second-order valence-corrected chi connectivity index (χ2v) is 7.22. The zero-order valence-corrected chi connectivity index (χ0v) is 15.1. The summed E-state index contributed by atoms with van der Waals surface area (Å²) in [5, 5.41) is 12.8. The van der Waals surface area contributed by atoms with Crippen LogP contribution in [0.2, 0.25) is 0 Å². The van der Waals surface area contributed by atoms with Crippen molar-refractivity contribution in [3.05, 3.63) is 30.3 Å². The van der Waals surface area contributed by atoms with E-state index in [9.17, 15) is 9.90 Å². The number of piperazine rings is 1. The number of piperidine rings is 1. The summed E-state index contributed by atoms with van der Waals surface area (Å²) in [7, 11) is 0. The maximum Gasteiger partial charge on any atom is 0.317 e. The zero-order valence-electron chi connectivity index (χ0n) is 15.1. The van der Waals surface area contributed by atoms with Crippen LogP contribution in [0.4, 0.5) is 10.5 Å². The van der Waals surface area contributed by atoms with Gasteiger partial charge >= 0.3 is 6.03 Å². The topological polar surface area (TPSA) is 59.0 Å². The highest BCUT2D eigenvalue weighted by Gasteiger charge is 2.24. The molecular formula is C19H30N4O2. The molecule has 2 atom stereocenters. The van der Waals surface area contributed by atoms with E-state index in [2.05, 4.69) is 46.3 Å². The molecule has 2 fully saturated rings. The summed E-state index contributed by atoms with van der Waals surface area (Å²) in [6.07, 6.45) is 1.30. The summed E-state index contributed by atoms with van der Waals surface area (Å²) in [5.41, 5.74) is 1.28. The van der Waals surface area contributed by atoms with Gasteiger partial charge in [-0.25, -0.2) is 4.79 Å². The van der Waals surface area contributed by atoms with Crippen molar-refractivity contribution in [2.45, 2.75) is 31.9 Å². The number of hydrogen-bond acceptors (Lipinski definition) is 4.